The summed E-state index contributed by atoms with van der Waals surface area (Å²) >= 11 is 0. The minimum Gasteiger partial charge on any atom is -0.367 e. The zero-order valence-corrected chi connectivity index (χ0v) is 8.49. The number of ether oxygens (including phenoxy) is 1. The lowest BCUT2D eigenvalue weighted by Crippen LogP contribution is -2.34. The van der Waals surface area contributed by atoms with Gasteiger partial charge in [-0.1, -0.05) is 0 Å². The summed E-state index contributed by atoms with van der Waals surface area (Å²) < 4.78 is 7.24. The molecule has 1 atom stereocenters. The first-order valence-electron chi connectivity index (χ1n) is 4.78. The van der Waals surface area contributed by atoms with Crippen molar-refractivity contribution in [2.24, 2.45) is 7.05 Å². The molecule has 1 unspecified atom stereocenters. The summed E-state index contributed by atoms with van der Waals surface area (Å²) in [6, 6.07) is 0. The Hall–Kier alpha value is -1.16. The van der Waals surface area contributed by atoms with Gasteiger partial charge in [0.25, 0.3) is 0 Å². The molecule has 0 spiro atoms. The van der Waals surface area contributed by atoms with Crippen molar-refractivity contribution in [3.8, 4) is 0 Å². The maximum atomic E-state index is 12.0. The van der Waals surface area contributed by atoms with E-state index in [4.69, 9.17) is 4.74 Å². The van der Waals surface area contributed by atoms with E-state index in [1.54, 1.807) is 17.1 Å². The van der Waals surface area contributed by atoms with E-state index in [1.807, 2.05) is 14.0 Å². The first kappa shape index (κ1) is 9.40. The van der Waals surface area contributed by atoms with E-state index in [1.165, 1.54) is 0 Å². The summed E-state index contributed by atoms with van der Waals surface area (Å²) in [6.07, 6.45) is 5.11. The van der Waals surface area contributed by atoms with Gasteiger partial charge >= 0.3 is 0 Å². The molecule has 0 aromatic carbocycles. The largest absolute Gasteiger partial charge is 0.367 e. The van der Waals surface area contributed by atoms with E-state index < -0.39 is 5.60 Å². The number of Topliss-reactive ketones (excluding diaryl/α,β-unsaturated/α-hetero) is 1. The standard InChI is InChI=1S/C10H14N2O2/c1-10(4-3-5-14-10)9(13)8-6-12(2)7-11-8/h6-7H,3-5H2,1-2H3. The monoisotopic (exact) mass is 194 g/mol. The summed E-state index contributed by atoms with van der Waals surface area (Å²) in [7, 11) is 1.85. The lowest BCUT2D eigenvalue weighted by molar-refractivity contribution is 0.0209. The molecule has 4 heteroatoms. The second kappa shape index (κ2) is 3.20. The predicted molar refractivity (Wildman–Crippen MR) is 51.1 cm³/mol. The van der Waals surface area contributed by atoms with Gasteiger partial charge in [0, 0.05) is 19.9 Å². The number of rotatable bonds is 2. The van der Waals surface area contributed by atoms with Gasteiger partial charge in [-0.2, -0.15) is 0 Å². The molecule has 1 aliphatic heterocycles. The van der Waals surface area contributed by atoms with Crippen molar-refractivity contribution in [3.05, 3.63) is 18.2 Å². The molecule has 76 valence electrons. The van der Waals surface area contributed by atoms with Crippen LogP contribution in [0.2, 0.25) is 0 Å². The molecule has 1 aromatic rings. The summed E-state index contributed by atoms with van der Waals surface area (Å²) in [5, 5.41) is 0. The molecule has 1 saturated heterocycles. The molecule has 2 rings (SSSR count). The number of aryl methyl sites for hydroxylation is 1. The van der Waals surface area contributed by atoms with Gasteiger partial charge in [-0.25, -0.2) is 4.98 Å². The third kappa shape index (κ3) is 1.46. The van der Waals surface area contributed by atoms with E-state index in [9.17, 15) is 4.79 Å². The second-order valence-corrected chi connectivity index (χ2v) is 3.94. The Morgan fingerprint density at radius 3 is 3.00 bits per heavy atom. The summed E-state index contributed by atoms with van der Waals surface area (Å²) in [5.41, 5.74) is -0.147. The first-order valence-corrected chi connectivity index (χ1v) is 4.78. The molecule has 4 nitrogen and oxygen atoms in total. The van der Waals surface area contributed by atoms with Crippen molar-refractivity contribution in [2.75, 3.05) is 6.61 Å². The fourth-order valence-electron chi connectivity index (χ4n) is 1.76. The topological polar surface area (TPSA) is 44.1 Å². The van der Waals surface area contributed by atoms with Gasteiger partial charge in [-0.05, 0) is 19.8 Å². The smallest absolute Gasteiger partial charge is 0.214 e. The highest BCUT2D eigenvalue weighted by Gasteiger charge is 2.39. The minimum atomic E-state index is -0.644. The van der Waals surface area contributed by atoms with Gasteiger partial charge in [-0.15, -0.1) is 0 Å². The van der Waals surface area contributed by atoms with Gasteiger partial charge < -0.3 is 9.30 Å². The third-order valence-electron chi connectivity index (χ3n) is 2.64. The van der Waals surface area contributed by atoms with Gasteiger partial charge in [-0.3, -0.25) is 4.79 Å². The number of hydrogen-bond acceptors (Lipinski definition) is 3. The van der Waals surface area contributed by atoms with Crippen LogP contribution in [0.4, 0.5) is 0 Å². The normalized spacial score (nSPS) is 26.7. The molecule has 14 heavy (non-hydrogen) atoms. The lowest BCUT2D eigenvalue weighted by atomic mass is 9.95. The molecule has 0 amide bonds. The van der Waals surface area contributed by atoms with Gasteiger partial charge in [0.2, 0.25) is 5.78 Å². The molecule has 1 fully saturated rings. The Morgan fingerprint density at radius 1 is 1.71 bits per heavy atom. The van der Waals surface area contributed by atoms with Gasteiger partial charge in [0.1, 0.15) is 11.3 Å². The number of nitrogens with zero attached hydrogens (tertiary/aromatic N) is 2. The van der Waals surface area contributed by atoms with Crippen molar-refractivity contribution < 1.29 is 9.53 Å². The van der Waals surface area contributed by atoms with E-state index in [-0.39, 0.29) is 5.78 Å². The Labute approximate surface area is 82.9 Å². The fraction of sp³-hybridized carbons (Fsp3) is 0.600. The van der Waals surface area contributed by atoms with Crippen molar-refractivity contribution in [1.82, 2.24) is 9.55 Å². The molecule has 1 aliphatic rings. The van der Waals surface area contributed by atoms with Crippen LogP contribution in [0.15, 0.2) is 12.5 Å². The minimum absolute atomic E-state index is 0.00407. The van der Waals surface area contributed by atoms with Crippen molar-refractivity contribution in [2.45, 2.75) is 25.4 Å². The molecule has 0 radical (unpaired) electrons. The highest BCUT2D eigenvalue weighted by atomic mass is 16.5. The Bertz CT molecular complexity index is 351. The van der Waals surface area contributed by atoms with E-state index >= 15 is 0 Å². The quantitative estimate of drug-likeness (QED) is 0.664. The van der Waals surface area contributed by atoms with E-state index in [2.05, 4.69) is 4.98 Å². The van der Waals surface area contributed by atoms with E-state index in [0.717, 1.165) is 12.8 Å². The zero-order valence-electron chi connectivity index (χ0n) is 8.49. The van der Waals surface area contributed by atoms with Crippen LogP contribution in [-0.2, 0) is 11.8 Å². The number of carbonyl (C=O) groups is 1. The number of ketones is 1. The molecular formula is C10H14N2O2. The molecule has 0 saturated carbocycles. The second-order valence-electron chi connectivity index (χ2n) is 3.94. The Kier molecular flexibility index (Phi) is 2.15. The van der Waals surface area contributed by atoms with Crippen molar-refractivity contribution in [1.29, 1.82) is 0 Å². The fourth-order valence-corrected chi connectivity index (χ4v) is 1.76. The predicted octanol–water partition coefficient (Wildman–Crippen LogP) is 1.17. The Morgan fingerprint density at radius 2 is 2.50 bits per heavy atom. The molecule has 0 N–H and O–H groups in total. The summed E-state index contributed by atoms with van der Waals surface area (Å²) in [6.45, 7) is 2.52. The van der Waals surface area contributed by atoms with Crippen molar-refractivity contribution >= 4 is 5.78 Å². The van der Waals surface area contributed by atoms with Crippen LogP contribution in [-0.4, -0.2) is 27.5 Å². The highest BCUT2D eigenvalue weighted by molar-refractivity contribution is 6.00. The molecule has 0 aliphatic carbocycles. The van der Waals surface area contributed by atoms with Crippen LogP contribution in [0.3, 0.4) is 0 Å². The summed E-state index contributed by atoms with van der Waals surface area (Å²) in [4.78, 5) is 16.0. The zero-order chi connectivity index (χ0) is 10.2. The number of aromatic nitrogens is 2. The SMILES string of the molecule is Cn1cnc(C(=O)C2(C)CCCO2)c1. The average Bonchev–Trinajstić information content (AvgIpc) is 2.74. The van der Waals surface area contributed by atoms with E-state index in [0.29, 0.717) is 12.3 Å². The molecule has 0 bridgehead atoms. The van der Waals surface area contributed by atoms with Crippen LogP contribution in [0.1, 0.15) is 30.3 Å². The maximum Gasteiger partial charge on any atom is 0.214 e. The summed E-state index contributed by atoms with van der Waals surface area (Å²) in [5.74, 6) is -0.00407. The molecule has 1 aromatic heterocycles. The van der Waals surface area contributed by atoms with Crippen LogP contribution < -0.4 is 0 Å². The van der Waals surface area contributed by atoms with Crippen molar-refractivity contribution in [3.63, 3.8) is 0 Å². The lowest BCUT2D eigenvalue weighted by Gasteiger charge is -2.19. The number of carbonyl (C=O) groups excluding carboxylic acids is 1. The van der Waals surface area contributed by atoms with Crippen LogP contribution in [0, 0.1) is 0 Å². The molecule has 2 heterocycles. The maximum absolute atomic E-state index is 12.0. The average molecular weight is 194 g/mol. The Balaban J connectivity index is 2.23. The number of imidazole rings is 1. The van der Waals surface area contributed by atoms with Crippen LogP contribution >= 0.6 is 0 Å². The highest BCUT2D eigenvalue weighted by Crippen LogP contribution is 2.28. The van der Waals surface area contributed by atoms with Gasteiger partial charge in [0.15, 0.2) is 0 Å². The van der Waals surface area contributed by atoms with Crippen LogP contribution in [0.25, 0.3) is 0 Å². The third-order valence-corrected chi connectivity index (χ3v) is 2.64. The number of hydrogen-bond donors (Lipinski definition) is 0. The first-order chi connectivity index (χ1) is 6.62. The van der Waals surface area contributed by atoms with Gasteiger partial charge in [0.05, 0.1) is 6.33 Å². The van der Waals surface area contributed by atoms with Crippen LogP contribution in [0.5, 0.6) is 0 Å². The molecular weight excluding hydrogens is 180 g/mol.